The van der Waals surface area contributed by atoms with Gasteiger partial charge in [0.05, 0.1) is 0 Å². The maximum atomic E-state index is 14.3. The van der Waals surface area contributed by atoms with E-state index in [4.69, 9.17) is 5.26 Å². The van der Waals surface area contributed by atoms with Crippen molar-refractivity contribution in [3.05, 3.63) is 12.4 Å². The lowest BCUT2D eigenvalue weighted by molar-refractivity contribution is -0.586. The lowest BCUT2D eigenvalue weighted by Crippen LogP contribution is -2.71. The Bertz CT molecular complexity index is 1130. The van der Waals surface area contributed by atoms with E-state index in [1.165, 1.54) is 16.1 Å². The molecule has 0 aromatic heterocycles. The van der Waals surface area contributed by atoms with Crippen LogP contribution in [0.1, 0.15) is 0 Å². The van der Waals surface area contributed by atoms with Crippen LogP contribution in [0.4, 0.5) is 110 Å². The highest BCUT2D eigenvalue weighted by Gasteiger charge is 2.88. The number of hydrogen-bond donors (Lipinski definition) is 0. The third-order valence-electron chi connectivity index (χ3n) is 4.12. The summed E-state index contributed by atoms with van der Waals surface area (Å²) in [7, 11) is 0. The van der Waals surface area contributed by atoms with Gasteiger partial charge in [0.1, 0.15) is 6.07 Å². The quantitative estimate of drug-likeness (QED) is 0.189. The Morgan fingerprint density at radius 1 is 0.422 bits per heavy atom. The maximum Gasteiger partial charge on any atom is 0.463 e. The minimum absolute atomic E-state index is 1.07. The third kappa shape index (κ3) is 7.34. The van der Waals surface area contributed by atoms with Gasteiger partial charge >= 0.3 is 72.6 Å². The molecule has 0 heterocycles. The van der Waals surface area contributed by atoms with Gasteiger partial charge in [0.15, 0.2) is 5.83 Å². The maximum absolute atomic E-state index is 14.3. The molecule has 30 heteroatoms. The molecule has 0 aromatic rings. The van der Waals surface area contributed by atoms with Crippen molar-refractivity contribution in [2.24, 2.45) is 0 Å². The van der Waals surface area contributed by atoms with Gasteiger partial charge in [0.2, 0.25) is 0 Å². The fourth-order valence-electron chi connectivity index (χ4n) is 1.95. The number of rotatable bonds is 12. The fourth-order valence-corrected chi connectivity index (χ4v) is 1.95. The second-order valence-electron chi connectivity index (χ2n) is 7.36. The Labute approximate surface area is 226 Å². The first kappa shape index (κ1) is 42.3. The molecule has 0 aliphatic heterocycles. The summed E-state index contributed by atoms with van der Waals surface area (Å²) >= 11 is 0. The van der Waals surface area contributed by atoms with Crippen molar-refractivity contribution >= 4 is 0 Å². The molecule has 266 valence electrons. The number of alkyl halides is 24. The number of halogens is 25. The molecule has 0 radical (unpaired) electrons. The fraction of sp³-hybridized carbons (Fsp3) is 0.800. The van der Waals surface area contributed by atoms with Crippen LogP contribution in [0.5, 0.6) is 0 Å². The zero-order valence-electron chi connectivity index (χ0n) is 19.2. The SMILES string of the molecule is C=C(F)C(F)(F)OC(F)(C(F)(F)F)C(F)(F)OC(F)(C(F)(F)F)C(F)(F)OC(F)(C(F)(F)F)C(F)(F)OC(F)(C#N)C(F)(F)F. The molecule has 5 nitrogen and oxygen atoms in total. The van der Waals surface area contributed by atoms with E-state index in [2.05, 4.69) is 0 Å². The van der Waals surface area contributed by atoms with Crippen LogP contribution in [0.25, 0.3) is 0 Å². The summed E-state index contributed by atoms with van der Waals surface area (Å²) in [6, 6.07) is -1.10. The largest absolute Gasteiger partial charge is 0.463 e. The molecule has 0 bridgehead atoms. The molecular weight excluding hydrogens is 733 g/mol. The summed E-state index contributed by atoms with van der Waals surface area (Å²) in [4.78, 5) is 0. The highest BCUT2D eigenvalue weighted by molar-refractivity contribution is 5.03. The van der Waals surface area contributed by atoms with Crippen LogP contribution >= 0.6 is 0 Å². The van der Waals surface area contributed by atoms with Crippen LogP contribution in [0.3, 0.4) is 0 Å². The van der Waals surface area contributed by atoms with Gasteiger partial charge in [-0.3, -0.25) is 18.9 Å². The second kappa shape index (κ2) is 11.2. The van der Waals surface area contributed by atoms with Gasteiger partial charge in [-0.25, -0.2) is 4.39 Å². The molecule has 0 aliphatic rings. The molecule has 4 unspecified atom stereocenters. The minimum atomic E-state index is -8.89. The average molecular weight is 735 g/mol. The van der Waals surface area contributed by atoms with Crippen LogP contribution in [0, 0.1) is 11.3 Å². The monoisotopic (exact) mass is 735 g/mol. The summed E-state index contributed by atoms with van der Waals surface area (Å²) in [6.45, 7) is 1.36. The van der Waals surface area contributed by atoms with Crippen LogP contribution in [-0.4, -0.2) is 72.6 Å². The average Bonchev–Trinajstić information content (AvgIpc) is 2.74. The normalized spacial score (nSPS) is 20.4. The Morgan fingerprint density at radius 3 is 0.867 bits per heavy atom. The van der Waals surface area contributed by atoms with Crippen molar-refractivity contribution < 1.29 is 129 Å². The smallest absolute Gasteiger partial charge is 0.263 e. The molecule has 0 saturated carbocycles. The summed E-state index contributed by atoms with van der Waals surface area (Å²) in [5, 5.41) is 7.88. The zero-order chi connectivity index (χ0) is 37.1. The van der Waals surface area contributed by atoms with E-state index in [1.54, 1.807) is 0 Å². The van der Waals surface area contributed by atoms with Gasteiger partial charge in [-0.15, -0.1) is 0 Å². The first-order chi connectivity index (χ1) is 19.1. The van der Waals surface area contributed by atoms with Gasteiger partial charge in [0.25, 0.3) is 0 Å². The molecule has 0 fully saturated rings. The molecule has 0 spiro atoms. The van der Waals surface area contributed by atoms with Crippen molar-refractivity contribution in [2.45, 2.75) is 72.6 Å². The Kier molecular flexibility index (Phi) is 10.6. The van der Waals surface area contributed by atoms with E-state index < -0.39 is 84.5 Å². The van der Waals surface area contributed by atoms with E-state index in [9.17, 15) is 110 Å². The van der Waals surface area contributed by atoms with Gasteiger partial charge < -0.3 is 0 Å². The molecule has 0 saturated heterocycles. The predicted octanol–water partition coefficient (Wildman–Crippen LogP) is 8.34. The van der Waals surface area contributed by atoms with E-state index in [1.807, 2.05) is 0 Å². The molecule has 0 rings (SSSR count). The molecule has 0 N–H and O–H groups in total. The Hall–Kier alpha value is -2.68. The number of ether oxygens (including phenoxy) is 4. The molecule has 4 atom stereocenters. The first-order valence-electron chi connectivity index (χ1n) is 9.18. The van der Waals surface area contributed by atoms with E-state index in [-0.39, 0.29) is 0 Å². The standard InChI is InChI=1S/C15H2F25NO4/c1-3(16)5(18,19)43-6(20,10(26,27)28)14(37,38)45-8(22,12(32,33)34)15(39,40)44-7(21,11(29,30)31)13(35,36)42-4(17,2-41)9(23,24)25/h1H2. The van der Waals surface area contributed by atoms with Crippen molar-refractivity contribution in [3.63, 3.8) is 0 Å². The summed E-state index contributed by atoms with van der Waals surface area (Å²) < 4.78 is 336. The van der Waals surface area contributed by atoms with Crippen molar-refractivity contribution in [3.8, 4) is 6.07 Å². The Balaban J connectivity index is 7.49. The predicted molar refractivity (Wildman–Crippen MR) is 79.6 cm³/mol. The van der Waals surface area contributed by atoms with Gasteiger partial charge in [-0.05, 0) is 0 Å². The van der Waals surface area contributed by atoms with Crippen molar-refractivity contribution in [2.75, 3.05) is 0 Å². The number of nitriles is 1. The van der Waals surface area contributed by atoms with Gasteiger partial charge in [0, 0.05) is 0 Å². The highest BCUT2D eigenvalue weighted by atomic mass is 19.4. The Morgan fingerprint density at radius 2 is 0.667 bits per heavy atom. The number of hydrogen-bond acceptors (Lipinski definition) is 5. The molecule has 0 aliphatic carbocycles. The summed E-state index contributed by atoms with van der Waals surface area (Å²) in [5.41, 5.74) is 0. The lowest BCUT2D eigenvalue weighted by Gasteiger charge is -2.43. The zero-order valence-corrected chi connectivity index (χ0v) is 19.2. The second-order valence-corrected chi connectivity index (χ2v) is 7.36. The van der Waals surface area contributed by atoms with Crippen molar-refractivity contribution in [1.29, 1.82) is 5.26 Å². The number of nitrogens with zero attached hydrogens (tertiary/aromatic N) is 1. The first-order valence-corrected chi connectivity index (χ1v) is 9.18. The van der Waals surface area contributed by atoms with E-state index >= 15 is 0 Å². The van der Waals surface area contributed by atoms with Crippen LogP contribution in [-0.2, 0) is 18.9 Å². The summed E-state index contributed by atoms with van der Waals surface area (Å²) in [6.07, 6.45) is -65.2. The van der Waals surface area contributed by atoms with Crippen LogP contribution in [0.2, 0.25) is 0 Å². The third-order valence-corrected chi connectivity index (χ3v) is 4.12. The van der Waals surface area contributed by atoms with Gasteiger partial charge in [-0.2, -0.15) is 111 Å². The van der Waals surface area contributed by atoms with Crippen LogP contribution < -0.4 is 0 Å². The lowest BCUT2D eigenvalue weighted by atomic mass is 10.2. The van der Waals surface area contributed by atoms with Crippen molar-refractivity contribution in [1.82, 2.24) is 0 Å². The van der Waals surface area contributed by atoms with E-state index in [0.717, 1.165) is 9.47 Å². The molecular formula is C15H2F25NO4. The topological polar surface area (TPSA) is 60.7 Å². The minimum Gasteiger partial charge on any atom is -0.263 e. The summed E-state index contributed by atoms with van der Waals surface area (Å²) in [5.74, 6) is -36.6. The molecule has 0 aromatic carbocycles. The molecule has 45 heavy (non-hydrogen) atoms. The van der Waals surface area contributed by atoms with Gasteiger partial charge in [-0.1, -0.05) is 6.58 Å². The van der Waals surface area contributed by atoms with E-state index in [0.29, 0.717) is 0 Å². The van der Waals surface area contributed by atoms with Crippen LogP contribution in [0.15, 0.2) is 12.4 Å². The highest BCUT2D eigenvalue weighted by Crippen LogP contribution is 2.59. The molecule has 0 amide bonds.